The van der Waals surface area contributed by atoms with Gasteiger partial charge in [-0.2, -0.15) is 5.10 Å². The smallest absolute Gasteiger partial charge is 0.0785 e. The molecule has 0 radical (unpaired) electrons. The summed E-state index contributed by atoms with van der Waals surface area (Å²) < 4.78 is 1.78. The SMILES string of the molecule is CNC(CO)(CCn1cc(Cl)cn1)c1ccccc1. The van der Waals surface area contributed by atoms with Crippen LogP contribution < -0.4 is 5.32 Å². The van der Waals surface area contributed by atoms with E-state index in [0.717, 1.165) is 12.0 Å². The van der Waals surface area contributed by atoms with Gasteiger partial charge in [-0.3, -0.25) is 4.68 Å². The van der Waals surface area contributed by atoms with E-state index in [4.69, 9.17) is 11.6 Å². The van der Waals surface area contributed by atoms with Crippen LogP contribution in [-0.4, -0.2) is 28.5 Å². The molecule has 0 bridgehead atoms. The average Bonchev–Trinajstić information content (AvgIpc) is 2.88. The Hall–Kier alpha value is -1.36. The average molecular weight is 280 g/mol. The fourth-order valence-corrected chi connectivity index (χ4v) is 2.34. The Morgan fingerprint density at radius 1 is 1.37 bits per heavy atom. The number of nitrogens with zero attached hydrogens (tertiary/aromatic N) is 2. The van der Waals surface area contributed by atoms with Gasteiger partial charge in [0, 0.05) is 12.7 Å². The Morgan fingerprint density at radius 2 is 2.11 bits per heavy atom. The van der Waals surface area contributed by atoms with Crippen LogP contribution in [0.25, 0.3) is 0 Å². The van der Waals surface area contributed by atoms with Crippen LogP contribution in [0.5, 0.6) is 0 Å². The van der Waals surface area contributed by atoms with Crippen molar-refractivity contribution in [2.75, 3.05) is 13.7 Å². The lowest BCUT2D eigenvalue weighted by molar-refractivity contribution is 0.152. The standard InChI is InChI=1S/C14H18ClN3O/c1-16-14(11-19,12-5-3-2-4-6-12)7-8-18-10-13(15)9-17-18/h2-6,9-10,16,19H,7-8,11H2,1H3. The van der Waals surface area contributed by atoms with E-state index in [-0.39, 0.29) is 6.61 Å². The highest BCUT2D eigenvalue weighted by Gasteiger charge is 2.29. The van der Waals surface area contributed by atoms with Crippen LogP contribution >= 0.6 is 11.6 Å². The number of likely N-dealkylation sites (N-methyl/N-ethyl adjacent to an activating group) is 1. The maximum atomic E-state index is 9.79. The van der Waals surface area contributed by atoms with Crippen LogP contribution in [0.3, 0.4) is 0 Å². The van der Waals surface area contributed by atoms with Gasteiger partial charge in [0.25, 0.3) is 0 Å². The summed E-state index contributed by atoms with van der Waals surface area (Å²) in [5, 5.41) is 17.8. The molecule has 1 aromatic carbocycles. The van der Waals surface area contributed by atoms with Crippen molar-refractivity contribution in [1.82, 2.24) is 15.1 Å². The minimum absolute atomic E-state index is 0.0303. The van der Waals surface area contributed by atoms with Crippen molar-refractivity contribution in [3.05, 3.63) is 53.3 Å². The van der Waals surface area contributed by atoms with E-state index in [1.54, 1.807) is 17.1 Å². The van der Waals surface area contributed by atoms with E-state index in [9.17, 15) is 5.11 Å². The Morgan fingerprint density at radius 3 is 2.63 bits per heavy atom. The van der Waals surface area contributed by atoms with Gasteiger partial charge in [-0.15, -0.1) is 0 Å². The number of aromatic nitrogens is 2. The predicted octanol–water partition coefficient (Wildman–Crippen LogP) is 2.03. The molecule has 1 aromatic heterocycles. The first-order chi connectivity index (χ1) is 9.20. The van der Waals surface area contributed by atoms with Crippen molar-refractivity contribution < 1.29 is 5.11 Å². The van der Waals surface area contributed by atoms with Crippen molar-refractivity contribution in [3.63, 3.8) is 0 Å². The molecule has 0 aliphatic heterocycles. The first-order valence-corrected chi connectivity index (χ1v) is 6.61. The highest BCUT2D eigenvalue weighted by atomic mass is 35.5. The molecule has 0 saturated heterocycles. The van der Waals surface area contributed by atoms with Crippen molar-refractivity contribution >= 4 is 11.6 Å². The first-order valence-electron chi connectivity index (χ1n) is 6.23. The summed E-state index contributed by atoms with van der Waals surface area (Å²) in [5.74, 6) is 0. The van der Waals surface area contributed by atoms with E-state index in [1.807, 2.05) is 37.4 Å². The van der Waals surface area contributed by atoms with Crippen molar-refractivity contribution in [3.8, 4) is 0 Å². The van der Waals surface area contributed by atoms with Gasteiger partial charge < -0.3 is 10.4 Å². The third kappa shape index (κ3) is 3.15. The Bertz CT molecular complexity index is 508. The molecule has 19 heavy (non-hydrogen) atoms. The molecule has 1 heterocycles. The summed E-state index contributed by atoms with van der Waals surface area (Å²) in [7, 11) is 1.86. The van der Waals surface area contributed by atoms with E-state index < -0.39 is 5.54 Å². The van der Waals surface area contributed by atoms with Crippen LogP contribution in [0.1, 0.15) is 12.0 Å². The monoisotopic (exact) mass is 279 g/mol. The minimum atomic E-state index is -0.459. The zero-order valence-electron chi connectivity index (χ0n) is 10.9. The van der Waals surface area contributed by atoms with Gasteiger partial charge in [-0.05, 0) is 19.0 Å². The van der Waals surface area contributed by atoms with Gasteiger partial charge in [0.1, 0.15) is 0 Å². The van der Waals surface area contributed by atoms with Crippen LogP contribution in [0.4, 0.5) is 0 Å². The van der Waals surface area contributed by atoms with Gasteiger partial charge in [0.15, 0.2) is 0 Å². The number of hydrogen-bond donors (Lipinski definition) is 2. The van der Waals surface area contributed by atoms with Crippen molar-refractivity contribution in [2.45, 2.75) is 18.5 Å². The zero-order chi connectivity index (χ0) is 13.7. The number of nitrogens with one attached hydrogen (secondary N) is 1. The number of aliphatic hydroxyl groups excluding tert-OH is 1. The zero-order valence-corrected chi connectivity index (χ0v) is 11.6. The second kappa shape index (κ2) is 6.19. The van der Waals surface area contributed by atoms with Crippen LogP contribution in [0.15, 0.2) is 42.7 Å². The Balaban J connectivity index is 2.16. The molecule has 2 rings (SSSR count). The Kier molecular flexibility index (Phi) is 4.58. The largest absolute Gasteiger partial charge is 0.394 e. The van der Waals surface area contributed by atoms with Gasteiger partial charge in [0.2, 0.25) is 0 Å². The predicted molar refractivity (Wildman–Crippen MR) is 76.1 cm³/mol. The lowest BCUT2D eigenvalue weighted by Crippen LogP contribution is -2.44. The number of rotatable bonds is 6. The second-order valence-electron chi connectivity index (χ2n) is 4.53. The number of benzene rings is 1. The molecule has 0 fully saturated rings. The third-order valence-electron chi connectivity index (χ3n) is 3.44. The summed E-state index contributed by atoms with van der Waals surface area (Å²) in [6, 6.07) is 9.95. The lowest BCUT2D eigenvalue weighted by atomic mass is 9.87. The first kappa shape index (κ1) is 14.1. The third-order valence-corrected chi connectivity index (χ3v) is 3.64. The molecule has 2 N–H and O–H groups in total. The van der Waals surface area contributed by atoms with Crippen LogP contribution in [0.2, 0.25) is 5.02 Å². The number of hydrogen-bond acceptors (Lipinski definition) is 3. The molecule has 0 aliphatic carbocycles. The van der Waals surface area contributed by atoms with E-state index >= 15 is 0 Å². The van der Waals surface area contributed by atoms with E-state index in [1.165, 1.54) is 0 Å². The summed E-state index contributed by atoms with van der Waals surface area (Å²) in [6.07, 6.45) is 4.12. The van der Waals surface area contributed by atoms with Gasteiger partial charge >= 0.3 is 0 Å². The maximum absolute atomic E-state index is 9.79. The van der Waals surface area contributed by atoms with Crippen molar-refractivity contribution in [1.29, 1.82) is 0 Å². The summed E-state index contributed by atoms with van der Waals surface area (Å²) >= 11 is 5.85. The summed E-state index contributed by atoms with van der Waals surface area (Å²) in [6.45, 7) is 0.714. The quantitative estimate of drug-likeness (QED) is 0.851. The number of aryl methyl sites for hydroxylation is 1. The number of halogens is 1. The molecule has 102 valence electrons. The fraction of sp³-hybridized carbons (Fsp3) is 0.357. The molecule has 5 heteroatoms. The molecular weight excluding hydrogens is 262 g/mol. The van der Waals surface area contributed by atoms with Crippen LogP contribution in [-0.2, 0) is 12.1 Å². The maximum Gasteiger partial charge on any atom is 0.0785 e. The highest BCUT2D eigenvalue weighted by Crippen LogP contribution is 2.25. The van der Waals surface area contributed by atoms with Gasteiger partial charge in [-0.1, -0.05) is 41.9 Å². The number of aliphatic hydroxyl groups is 1. The van der Waals surface area contributed by atoms with Crippen LogP contribution in [0, 0.1) is 0 Å². The molecule has 1 atom stereocenters. The van der Waals surface area contributed by atoms with E-state index in [2.05, 4.69) is 10.4 Å². The lowest BCUT2D eigenvalue weighted by Gasteiger charge is -2.32. The fourth-order valence-electron chi connectivity index (χ4n) is 2.19. The summed E-state index contributed by atoms with van der Waals surface area (Å²) in [5.41, 5.74) is 0.609. The molecule has 1 unspecified atom stereocenters. The molecule has 0 saturated carbocycles. The topological polar surface area (TPSA) is 50.1 Å². The minimum Gasteiger partial charge on any atom is -0.394 e. The molecule has 4 nitrogen and oxygen atoms in total. The molecule has 0 spiro atoms. The van der Waals surface area contributed by atoms with Crippen molar-refractivity contribution in [2.24, 2.45) is 0 Å². The summed E-state index contributed by atoms with van der Waals surface area (Å²) in [4.78, 5) is 0. The molecular formula is C14H18ClN3O. The molecule has 2 aromatic rings. The highest BCUT2D eigenvalue weighted by molar-refractivity contribution is 6.30. The van der Waals surface area contributed by atoms with Gasteiger partial charge in [0.05, 0.1) is 23.4 Å². The Labute approximate surface area is 118 Å². The second-order valence-corrected chi connectivity index (χ2v) is 4.96. The molecule has 0 amide bonds. The normalized spacial score (nSPS) is 14.3. The van der Waals surface area contributed by atoms with E-state index in [0.29, 0.717) is 11.6 Å². The van der Waals surface area contributed by atoms with Gasteiger partial charge in [-0.25, -0.2) is 0 Å². The molecule has 0 aliphatic rings.